The van der Waals surface area contributed by atoms with Crippen LogP contribution in [0.1, 0.15) is 37.0 Å². The smallest absolute Gasteiger partial charge is 0.292 e. The lowest BCUT2D eigenvalue weighted by atomic mass is 10.0. The molecule has 0 radical (unpaired) electrons. The Kier molecular flexibility index (Phi) is 5.22. The van der Waals surface area contributed by atoms with Gasteiger partial charge in [0.1, 0.15) is 12.2 Å². The molecule has 1 aromatic heterocycles. The van der Waals surface area contributed by atoms with Crippen molar-refractivity contribution < 1.29 is 9.15 Å². The fourth-order valence-electron chi connectivity index (χ4n) is 2.76. The number of ether oxygens (including phenoxy) is 1. The van der Waals surface area contributed by atoms with Gasteiger partial charge in [-0.25, -0.2) is 0 Å². The van der Waals surface area contributed by atoms with Crippen LogP contribution in [0.3, 0.4) is 0 Å². The minimum Gasteiger partial charge on any atom is -0.460 e. The molecule has 2 aromatic carbocycles. The molecule has 130 valence electrons. The molecule has 0 aliphatic rings. The van der Waals surface area contributed by atoms with Crippen molar-refractivity contribution in [2.75, 3.05) is 0 Å². The van der Waals surface area contributed by atoms with Crippen LogP contribution in [0.25, 0.3) is 11.0 Å². The maximum Gasteiger partial charge on any atom is 0.292 e. The van der Waals surface area contributed by atoms with Crippen molar-refractivity contribution in [3.8, 4) is 5.95 Å². The van der Waals surface area contributed by atoms with Gasteiger partial charge in [0.2, 0.25) is 0 Å². The van der Waals surface area contributed by atoms with Crippen LogP contribution in [0.4, 0.5) is 0 Å². The first-order chi connectivity index (χ1) is 12.0. The quantitative estimate of drug-likeness (QED) is 0.615. The van der Waals surface area contributed by atoms with E-state index in [1.807, 2.05) is 12.1 Å². The zero-order chi connectivity index (χ0) is 17.8. The van der Waals surface area contributed by atoms with Gasteiger partial charge in [-0.15, -0.1) is 0 Å². The number of aryl methyl sites for hydroxylation is 1. The summed E-state index contributed by atoms with van der Waals surface area (Å²) in [5.41, 5.74) is 3.42. The zero-order valence-electron chi connectivity index (χ0n) is 15.0. The number of rotatable bonds is 6. The molecule has 0 amide bonds. The van der Waals surface area contributed by atoms with E-state index in [1.165, 1.54) is 12.0 Å². The highest BCUT2D eigenvalue weighted by atomic mass is 16.6. The third-order valence-electron chi connectivity index (χ3n) is 4.38. The molecule has 0 spiro atoms. The molecule has 0 bridgehead atoms. The fraction of sp³-hybridized carbons (Fsp3) is 0.318. The van der Waals surface area contributed by atoms with Crippen LogP contribution in [0.5, 0.6) is 5.95 Å². The highest BCUT2D eigenvalue weighted by molar-refractivity contribution is 5.77. The largest absolute Gasteiger partial charge is 0.460 e. The summed E-state index contributed by atoms with van der Waals surface area (Å²) in [4.78, 5) is 12.4. The second-order valence-electron chi connectivity index (χ2n) is 6.88. The van der Waals surface area contributed by atoms with Crippen LogP contribution in [-0.2, 0) is 13.0 Å². The van der Waals surface area contributed by atoms with Gasteiger partial charge < -0.3 is 9.15 Å². The number of para-hydroxylation sites is 1. The zero-order valence-corrected chi connectivity index (χ0v) is 15.0. The van der Waals surface area contributed by atoms with Crippen molar-refractivity contribution in [2.45, 2.75) is 40.2 Å². The lowest BCUT2D eigenvalue weighted by Gasteiger charge is -2.10. The first-order valence-corrected chi connectivity index (χ1v) is 8.77. The summed E-state index contributed by atoms with van der Waals surface area (Å²) in [6, 6.07) is 15.7. The van der Waals surface area contributed by atoms with E-state index in [1.54, 1.807) is 19.1 Å². The maximum atomic E-state index is 12.4. The Balaban J connectivity index is 1.72. The average Bonchev–Trinajstić information content (AvgIpc) is 2.62. The lowest BCUT2D eigenvalue weighted by molar-refractivity contribution is 0.232. The lowest BCUT2D eigenvalue weighted by Crippen LogP contribution is -2.08. The Bertz CT molecular complexity index is 905. The molecule has 0 fully saturated rings. The molecule has 0 atom stereocenters. The summed E-state index contributed by atoms with van der Waals surface area (Å²) in [5.74, 6) is 1.01. The second kappa shape index (κ2) is 7.56. The van der Waals surface area contributed by atoms with Crippen LogP contribution in [0, 0.1) is 12.8 Å². The standard InChI is InChI=1S/C22H24O3/c1-15(2)8-9-17-10-12-18(13-11-17)14-24-22-16(3)21(23)19-6-4-5-7-20(19)25-22/h4-7,10-13,15H,8-9,14H2,1-3H3. The van der Waals surface area contributed by atoms with E-state index < -0.39 is 0 Å². The predicted molar refractivity (Wildman–Crippen MR) is 101 cm³/mol. The van der Waals surface area contributed by atoms with Crippen LogP contribution in [0.15, 0.2) is 57.7 Å². The van der Waals surface area contributed by atoms with Crippen molar-refractivity contribution in [1.29, 1.82) is 0 Å². The van der Waals surface area contributed by atoms with Crippen LogP contribution >= 0.6 is 0 Å². The van der Waals surface area contributed by atoms with Crippen molar-refractivity contribution in [3.05, 3.63) is 75.4 Å². The van der Waals surface area contributed by atoms with Crippen LogP contribution in [0.2, 0.25) is 0 Å². The Morgan fingerprint density at radius 1 is 1.00 bits per heavy atom. The van der Waals surface area contributed by atoms with Gasteiger partial charge in [0.15, 0.2) is 5.43 Å². The Labute approximate surface area is 148 Å². The highest BCUT2D eigenvalue weighted by Crippen LogP contribution is 2.22. The number of fused-ring (bicyclic) bond motifs is 1. The molecule has 0 saturated heterocycles. The van der Waals surface area contributed by atoms with Crippen molar-refractivity contribution >= 4 is 11.0 Å². The summed E-state index contributed by atoms with van der Waals surface area (Å²) >= 11 is 0. The Hall–Kier alpha value is -2.55. The van der Waals surface area contributed by atoms with Crippen LogP contribution in [-0.4, -0.2) is 0 Å². The second-order valence-corrected chi connectivity index (χ2v) is 6.88. The van der Waals surface area contributed by atoms with Gasteiger partial charge in [0, 0.05) is 0 Å². The first-order valence-electron chi connectivity index (χ1n) is 8.77. The summed E-state index contributed by atoms with van der Waals surface area (Å²) in [7, 11) is 0. The van der Waals surface area contributed by atoms with Gasteiger partial charge in [-0.2, -0.15) is 0 Å². The molecule has 0 saturated carbocycles. The summed E-state index contributed by atoms with van der Waals surface area (Å²) in [5, 5.41) is 0.585. The fourth-order valence-corrected chi connectivity index (χ4v) is 2.76. The normalized spacial score (nSPS) is 11.2. The first kappa shape index (κ1) is 17.3. The molecule has 0 aliphatic carbocycles. The average molecular weight is 336 g/mol. The minimum atomic E-state index is -0.0408. The van der Waals surface area contributed by atoms with Gasteiger partial charge in [-0.3, -0.25) is 4.79 Å². The number of hydrogen-bond acceptors (Lipinski definition) is 3. The molecule has 1 heterocycles. The van der Waals surface area contributed by atoms with E-state index in [-0.39, 0.29) is 5.43 Å². The number of benzene rings is 2. The van der Waals surface area contributed by atoms with Crippen molar-refractivity contribution in [2.24, 2.45) is 5.92 Å². The number of hydrogen-bond donors (Lipinski definition) is 0. The molecular formula is C22H24O3. The molecule has 3 rings (SSSR count). The van der Waals surface area contributed by atoms with Crippen molar-refractivity contribution in [1.82, 2.24) is 0 Å². The van der Waals surface area contributed by atoms with E-state index in [0.717, 1.165) is 12.0 Å². The van der Waals surface area contributed by atoms with Gasteiger partial charge in [-0.1, -0.05) is 50.2 Å². The highest BCUT2D eigenvalue weighted by Gasteiger charge is 2.11. The molecule has 3 nitrogen and oxygen atoms in total. The van der Waals surface area contributed by atoms with E-state index in [9.17, 15) is 4.79 Å². The van der Waals surface area contributed by atoms with Crippen molar-refractivity contribution in [3.63, 3.8) is 0 Å². The molecule has 0 aliphatic heterocycles. The molecule has 0 N–H and O–H groups in total. The third kappa shape index (κ3) is 4.11. The topological polar surface area (TPSA) is 39.4 Å². The summed E-state index contributed by atoms with van der Waals surface area (Å²) < 4.78 is 11.5. The molecule has 25 heavy (non-hydrogen) atoms. The monoisotopic (exact) mass is 336 g/mol. The summed E-state index contributed by atoms with van der Waals surface area (Å²) in [6.45, 7) is 6.60. The molecule has 3 aromatic rings. The van der Waals surface area contributed by atoms with Gasteiger partial charge in [0.05, 0.1) is 10.9 Å². The SMILES string of the molecule is Cc1c(OCc2ccc(CCC(C)C)cc2)oc2ccccc2c1=O. The van der Waals surface area contributed by atoms with E-state index >= 15 is 0 Å². The van der Waals surface area contributed by atoms with E-state index in [0.29, 0.717) is 35.0 Å². The molecule has 0 unspecified atom stereocenters. The molecule has 3 heteroatoms. The molecular weight excluding hydrogens is 312 g/mol. The van der Waals surface area contributed by atoms with Crippen LogP contribution < -0.4 is 10.2 Å². The minimum absolute atomic E-state index is 0.0408. The predicted octanol–water partition coefficient (Wildman–Crippen LogP) is 5.27. The Morgan fingerprint density at radius 2 is 1.68 bits per heavy atom. The van der Waals surface area contributed by atoms with Gasteiger partial charge in [0.25, 0.3) is 5.95 Å². The van der Waals surface area contributed by atoms with Gasteiger partial charge >= 0.3 is 0 Å². The maximum absolute atomic E-state index is 12.4. The Morgan fingerprint density at radius 3 is 2.40 bits per heavy atom. The van der Waals surface area contributed by atoms with Gasteiger partial charge in [-0.05, 0) is 48.9 Å². The van der Waals surface area contributed by atoms with E-state index in [4.69, 9.17) is 9.15 Å². The third-order valence-corrected chi connectivity index (χ3v) is 4.38. The summed E-state index contributed by atoms with van der Waals surface area (Å²) in [6.07, 6.45) is 2.29. The van der Waals surface area contributed by atoms with E-state index in [2.05, 4.69) is 38.1 Å².